The summed E-state index contributed by atoms with van der Waals surface area (Å²) in [5.74, 6) is 1.82. The van der Waals surface area contributed by atoms with Gasteiger partial charge in [0.05, 0.1) is 32.5 Å². The zero-order chi connectivity index (χ0) is 23.8. The number of benzene rings is 2. The fourth-order valence-electron chi connectivity index (χ4n) is 4.08. The molecule has 0 N–H and O–H groups in total. The molecule has 4 rings (SSSR count). The Bertz CT molecular complexity index is 1060. The van der Waals surface area contributed by atoms with E-state index in [4.69, 9.17) is 18.9 Å². The normalized spacial score (nSPS) is 15.2. The van der Waals surface area contributed by atoms with Gasteiger partial charge in [-0.15, -0.1) is 0 Å². The third-order valence-electron chi connectivity index (χ3n) is 5.88. The molecule has 1 fully saturated rings. The molecular formula is C27H31NO5S. The molecule has 6 nitrogen and oxygen atoms in total. The van der Waals surface area contributed by atoms with Crippen molar-refractivity contribution in [3.05, 3.63) is 76.0 Å². The van der Waals surface area contributed by atoms with E-state index in [9.17, 15) is 4.79 Å². The van der Waals surface area contributed by atoms with Gasteiger partial charge in [0, 0.05) is 26.1 Å². The van der Waals surface area contributed by atoms with Crippen LogP contribution >= 0.6 is 11.3 Å². The first-order chi connectivity index (χ1) is 16.7. The number of methoxy groups -OCH3 is 2. The Morgan fingerprint density at radius 1 is 1.09 bits per heavy atom. The molecule has 180 valence electrons. The molecule has 1 saturated heterocycles. The highest BCUT2D eigenvalue weighted by molar-refractivity contribution is 7.07. The lowest BCUT2D eigenvalue weighted by Gasteiger charge is -2.26. The zero-order valence-corrected chi connectivity index (χ0v) is 20.5. The first-order valence-electron chi connectivity index (χ1n) is 11.5. The minimum Gasteiger partial charge on any atom is -0.497 e. The molecule has 34 heavy (non-hydrogen) atoms. The van der Waals surface area contributed by atoms with Gasteiger partial charge in [-0.2, -0.15) is 11.3 Å². The predicted molar refractivity (Wildman–Crippen MR) is 133 cm³/mol. The summed E-state index contributed by atoms with van der Waals surface area (Å²) in [7, 11) is 3.16. The molecule has 0 bridgehead atoms. The molecule has 1 atom stereocenters. The van der Waals surface area contributed by atoms with Crippen LogP contribution in [0.5, 0.6) is 17.2 Å². The van der Waals surface area contributed by atoms with Gasteiger partial charge in [-0.05, 0) is 71.1 Å². The second kappa shape index (κ2) is 11.9. The van der Waals surface area contributed by atoms with Crippen LogP contribution in [0.15, 0.2) is 59.3 Å². The van der Waals surface area contributed by atoms with Crippen LogP contribution in [-0.2, 0) is 17.7 Å². The molecule has 2 heterocycles. The van der Waals surface area contributed by atoms with E-state index in [-0.39, 0.29) is 12.0 Å². The molecular weight excluding hydrogens is 450 g/mol. The van der Waals surface area contributed by atoms with E-state index in [1.165, 1.54) is 5.56 Å². The number of thiophene rings is 1. The standard InChI is InChI=1S/C27H31NO5S/c1-30-22-8-9-26(31-2)25(16-22)27(29)28(18-24-7-4-12-32-24)17-21-5-3-6-23(15-21)33-13-10-20-11-14-34-19-20/h3,5-6,8-9,11,14-16,19,24H,4,7,10,12-13,17-18H2,1-2H3/t24-/m0/s1. The summed E-state index contributed by atoms with van der Waals surface area (Å²) in [6, 6.07) is 15.3. The molecule has 0 unspecified atom stereocenters. The Morgan fingerprint density at radius 3 is 2.74 bits per heavy atom. The Labute approximate surface area is 205 Å². The van der Waals surface area contributed by atoms with Crippen molar-refractivity contribution in [1.82, 2.24) is 4.90 Å². The van der Waals surface area contributed by atoms with Gasteiger partial charge in [-0.25, -0.2) is 0 Å². The summed E-state index contributed by atoms with van der Waals surface area (Å²) in [5.41, 5.74) is 2.76. The maximum Gasteiger partial charge on any atom is 0.258 e. The van der Waals surface area contributed by atoms with Crippen LogP contribution in [0, 0.1) is 0 Å². The van der Waals surface area contributed by atoms with E-state index < -0.39 is 0 Å². The molecule has 3 aromatic rings. The monoisotopic (exact) mass is 481 g/mol. The van der Waals surface area contributed by atoms with E-state index in [1.54, 1.807) is 43.8 Å². The van der Waals surface area contributed by atoms with Crippen LogP contribution in [0.3, 0.4) is 0 Å². The third kappa shape index (κ3) is 6.30. The molecule has 2 aromatic carbocycles. The zero-order valence-electron chi connectivity index (χ0n) is 19.7. The average molecular weight is 482 g/mol. The number of ether oxygens (including phenoxy) is 4. The highest BCUT2D eigenvalue weighted by Gasteiger charge is 2.26. The average Bonchev–Trinajstić information content (AvgIpc) is 3.58. The molecule has 1 aromatic heterocycles. The van der Waals surface area contributed by atoms with Crippen molar-refractivity contribution in [3.8, 4) is 17.2 Å². The van der Waals surface area contributed by atoms with Crippen LogP contribution < -0.4 is 14.2 Å². The lowest BCUT2D eigenvalue weighted by Crippen LogP contribution is -2.37. The number of hydrogen-bond donors (Lipinski definition) is 0. The van der Waals surface area contributed by atoms with Crippen LogP contribution in [0.2, 0.25) is 0 Å². The van der Waals surface area contributed by atoms with Crippen LogP contribution in [0.4, 0.5) is 0 Å². The van der Waals surface area contributed by atoms with E-state index in [0.29, 0.717) is 36.8 Å². The van der Waals surface area contributed by atoms with E-state index in [2.05, 4.69) is 16.8 Å². The van der Waals surface area contributed by atoms with Gasteiger partial charge in [-0.3, -0.25) is 4.79 Å². The lowest BCUT2D eigenvalue weighted by atomic mass is 10.1. The van der Waals surface area contributed by atoms with Crippen molar-refractivity contribution < 1.29 is 23.7 Å². The number of amides is 1. The number of nitrogens with zero attached hydrogens (tertiary/aromatic N) is 1. The fourth-order valence-corrected chi connectivity index (χ4v) is 4.78. The number of carbonyl (C=O) groups excluding carboxylic acids is 1. The van der Waals surface area contributed by atoms with Crippen molar-refractivity contribution in [1.29, 1.82) is 0 Å². The van der Waals surface area contributed by atoms with Gasteiger partial charge >= 0.3 is 0 Å². The molecule has 7 heteroatoms. The summed E-state index contributed by atoms with van der Waals surface area (Å²) < 4.78 is 22.7. The first kappa shape index (κ1) is 24.1. The van der Waals surface area contributed by atoms with Gasteiger partial charge in [0.2, 0.25) is 0 Å². The van der Waals surface area contributed by atoms with Crippen molar-refractivity contribution in [2.24, 2.45) is 0 Å². The van der Waals surface area contributed by atoms with Crippen LogP contribution in [0.1, 0.15) is 34.3 Å². The van der Waals surface area contributed by atoms with Gasteiger partial charge in [0.25, 0.3) is 5.91 Å². The Hall–Kier alpha value is -3.03. The molecule has 1 aliphatic heterocycles. The van der Waals surface area contributed by atoms with Crippen molar-refractivity contribution in [2.45, 2.75) is 31.9 Å². The molecule has 0 spiro atoms. The minimum atomic E-state index is -0.116. The maximum atomic E-state index is 13.7. The largest absolute Gasteiger partial charge is 0.497 e. The van der Waals surface area contributed by atoms with E-state index in [0.717, 1.165) is 37.2 Å². The fraction of sp³-hybridized carbons (Fsp3) is 0.370. The summed E-state index contributed by atoms with van der Waals surface area (Å²) in [6.07, 6.45) is 2.87. The Balaban J connectivity index is 1.50. The van der Waals surface area contributed by atoms with Gasteiger partial charge < -0.3 is 23.8 Å². The topological polar surface area (TPSA) is 57.2 Å². The molecule has 0 radical (unpaired) electrons. The maximum absolute atomic E-state index is 13.7. The summed E-state index contributed by atoms with van der Waals surface area (Å²) >= 11 is 1.69. The van der Waals surface area contributed by atoms with E-state index >= 15 is 0 Å². The number of carbonyl (C=O) groups is 1. The second-order valence-corrected chi connectivity index (χ2v) is 9.04. The summed E-state index contributed by atoms with van der Waals surface area (Å²) in [4.78, 5) is 15.5. The molecule has 0 saturated carbocycles. The minimum absolute atomic E-state index is 0.0330. The lowest BCUT2D eigenvalue weighted by molar-refractivity contribution is 0.0504. The van der Waals surface area contributed by atoms with Crippen molar-refractivity contribution in [2.75, 3.05) is 34.0 Å². The second-order valence-electron chi connectivity index (χ2n) is 8.26. The van der Waals surface area contributed by atoms with E-state index in [1.807, 2.05) is 29.2 Å². The van der Waals surface area contributed by atoms with Crippen molar-refractivity contribution >= 4 is 17.2 Å². The number of hydrogen-bond acceptors (Lipinski definition) is 6. The molecule has 1 aliphatic rings. The van der Waals surface area contributed by atoms with Crippen LogP contribution in [0.25, 0.3) is 0 Å². The SMILES string of the molecule is COc1ccc(OC)c(C(=O)N(Cc2cccc(OCCc3ccsc3)c2)C[C@@H]2CCCO2)c1. The summed E-state index contributed by atoms with van der Waals surface area (Å²) in [5, 5.41) is 4.22. The predicted octanol–water partition coefficient (Wildman–Crippen LogP) is 5.21. The summed E-state index contributed by atoms with van der Waals surface area (Å²) in [6.45, 7) is 2.31. The first-order valence-corrected chi connectivity index (χ1v) is 12.5. The Morgan fingerprint density at radius 2 is 2.00 bits per heavy atom. The number of rotatable bonds is 11. The smallest absolute Gasteiger partial charge is 0.258 e. The van der Waals surface area contributed by atoms with Crippen molar-refractivity contribution in [3.63, 3.8) is 0 Å². The van der Waals surface area contributed by atoms with Gasteiger partial charge in [-0.1, -0.05) is 12.1 Å². The highest BCUT2D eigenvalue weighted by Crippen LogP contribution is 2.27. The highest BCUT2D eigenvalue weighted by atomic mass is 32.1. The van der Waals surface area contributed by atoms with Crippen LogP contribution in [-0.4, -0.2) is 50.9 Å². The van der Waals surface area contributed by atoms with Gasteiger partial charge in [0.15, 0.2) is 0 Å². The Kier molecular flexibility index (Phi) is 8.44. The molecule has 1 amide bonds. The third-order valence-corrected chi connectivity index (χ3v) is 6.62. The van der Waals surface area contributed by atoms with Gasteiger partial charge in [0.1, 0.15) is 17.2 Å². The molecule has 0 aliphatic carbocycles. The quantitative estimate of drug-likeness (QED) is 0.376.